The fourth-order valence-corrected chi connectivity index (χ4v) is 8.23. The summed E-state index contributed by atoms with van der Waals surface area (Å²) in [5, 5.41) is 10.2. The molecule has 1 saturated heterocycles. The standard InChI is InChI=1S/C23H36O3/c1-21-10-8-16(24)14-15(21)4-5-17-18-6-7-20(23(3)25-12-13-26-23)22(18,2)11-9-19(17)21/h4,16-20,24H,5-14H2,1-3H3/t16-,17+,18+,19+,20+,21-,22-/m0/s1. The van der Waals surface area contributed by atoms with Crippen molar-refractivity contribution in [2.24, 2.45) is 34.5 Å². The molecule has 4 aliphatic carbocycles. The molecule has 5 aliphatic rings. The minimum atomic E-state index is -0.356. The summed E-state index contributed by atoms with van der Waals surface area (Å²) < 4.78 is 12.3. The van der Waals surface area contributed by atoms with Gasteiger partial charge in [0.15, 0.2) is 5.79 Å². The Kier molecular flexibility index (Phi) is 3.96. The predicted molar refractivity (Wildman–Crippen MR) is 102 cm³/mol. The van der Waals surface area contributed by atoms with E-state index in [-0.39, 0.29) is 11.9 Å². The first-order valence-electron chi connectivity index (χ1n) is 11.0. The lowest BCUT2D eigenvalue weighted by atomic mass is 9.47. The summed E-state index contributed by atoms with van der Waals surface area (Å²) >= 11 is 0. The molecule has 3 nitrogen and oxygen atoms in total. The van der Waals surface area contributed by atoms with Crippen LogP contribution in [0.2, 0.25) is 0 Å². The van der Waals surface area contributed by atoms with Gasteiger partial charge in [0, 0.05) is 5.92 Å². The van der Waals surface area contributed by atoms with E-state index in [2.05, 4.69) is 26.8 Å². The molecule has 1 aliphatic heterocycles. The van der Waals surface area contributed by atoms with E-state index in [0.29, 0.717) is 16.7 Å². The number of hydrogen-bond donors (Lipinski definition) is 1. The zero-order chi connectivity index (χ0) is 18.2. The average Bonchev–Trinajstić information content (AvgIpc) is 3.19. The maximum atomic E-state index is 10.2. The van der Waals surface area contributed by atoms with Gasteiger partial charge in [-0.2, -0.15) is 0 Å². The molecule has 0 aromatic heterocycles. The highest BCUT2D eigenvalue weighted by molar-refractivity contribution is 5.25. The molecule has 3 heteroatoms. The Morgan fingerprint density at radius 3 is 2.50 bits per heavy atom. The minimum Gasteiger partial charge on any atom is -0.393 e. The van der Waals surface area contributed by atoms with E-state index in [1.54, 1.807) is 5.57 Å². The molecule has 0 radical (unpaired) electrons. The van der Waals surface area contributed by atoms with Crippen molar-refractivity contribution in [3.63, 3.8) is 0 Å². The molecule has 0 amide bonds. The number of hydrogen-bond acceptors (Lipinski definition) is 3. The summed E-state index contributed by atoms with van der Waals surface area (Å²) in [7, 11) is 0. The van der Waals surface area contributed by atoms with Gasteiger partial charge in [-0.1, -0.05) is 25.5 Å². The van der Waals surface area contributed by atoms with Crippen LogP contribution >= 0.6 is 0 Å². The Morgan fingerprint density at radius 2 is 1.73 bits per heavy atom. The number of allylic oxidation sites excluding steroid dienone is 1. The molecule has 1 heterocycles. The Morgan fingerprint density at radius 1 is 0.962 bits per heavy atom. The van der Waals surface area contributed by atoms with Gasteiger partial charge in [0.05, 0.1) is 19.3 Å². The third-order valence-corrected chi connectivity index (χ3v) is 9.57. The van der Waals surface area contributed by atoms with Crippen LogP contribution in [0.4, 0.5) is 0 Å². The second kappa shape index (κ2) is 5.81. The third-order valence-electron chi connectivity index (χ3n) is 9.57. The number of rotatable bonds is 1. The largest absolute Gasteiger partial charge is 0.393 e. The number of ether oxygens (including phenoxy) is 2. The van der Waals surface area contributed by atoms with Crippen LogP contribution < -0.4 is 0 Å². The van der Waals surface area contributed by atoms with Crippen molar-refractivity contribution in [3.8, 4) is 0 Å². The van der Waals surface area contributed by atoms with Gasteiger partial charge in [0.1, 0.15) is 0 Å². The van der Waals surface area contributed by atoms with E-state index < -0.39 is 0 Å². The molecule has 5 rings (SSSR count). The highest BCUT2D eigenvalue weighted by Crippen LogP contribution is 2.68. The van der Waals surface area contributed by atoms with Gasteiger partial charge in [-0.3, -0.25) is 0 Å². The number of aliphatic hydroxyl groups is 1. The van der Waals surface area contributed by atoms with Crippen LogP contribution in [0.25, 0.3) is 0 Å². The number of aliphatic hydroxyl groups excluding tert-OH is 1. The van der Waals surface area contributed by atoms with Gasteiger partial charge in [0.25, 0.3) is 0 Å². The predicted octanol–water partition coefficient (Wildman–Crippen LogP) is 4.69. The number of fused-ring (bicyclic) bond motifs is 5. The smallest absolute Gasteiger partial charge is 0.169 e. The van der Waals surface area contributed by atoms with Crippen LogP contribution in [0.5, 0.6) is 0 Å². The first kappa shape index (κ1) is 17.7. The van der Waals surface area contributed by atoms with Crippen LogP contribution in [0.1, 0.15) is 72.1 Å². The van der Waals surface area contributed by atoms with Crippen LogP contribution in [0, 0.1) is 34.5 Å². The molecule has 0 bridgehead atoms. The molecule has 0 spiro atoms. The molecule has 0 unspecified atom stereocenters. The van der Waals surface area contributed by atoms with Gasteiger partial charge in [-0.25, -0.2) is 0 Å². The first-order chi connectivity index (χ1) is 12.4. The molecule has 26 heavy (non-hydrogen) atoms. The molecular weight excluding hydrogens is 324 g/mol. The van der Waals surface area contributed by atoms with Crippen LogP contribution in [-0.4, -0.2) is 30.2 Å². The fraction of sp³-hybridized carbons (Fsp3) is 0.913. The minimum absolute atomic E-state index is 0.104. The SMILES string of the molecule is CC1([C@@H]2CC[C@@H]3[C@H]4CC=C5C[C@@H](O)CC[C@]5(C)[C@@H]4CC[C@@]32C)OCCO1. The fourth-order valence-electron chi connectivity index (χ4n) is 8.23. The Labute approximate surface area is 158 Å². The third kappa shape index (κ3) is 2.29. The topological polar surface area (TPSA) is 38.7 Å². The van der Waals surface area contributed by atoms with E-state index in [1.165, 1.54) is 38.5 Å². The maximum Gasteiger partial charge on any atom is 0.169 e. The summed E-state index contributed by atoms with van der Waals surface area (Å²) in [6.45, 7) is 8.78. The van der Waals surface area contributed by atoms with Gasteiger partial charge in [-0.15, -0.1) is 0 Å². The molecular formula is C23H36O3. The summed E-state index contributed by atoms with van der Waals surface area (Å²) in [5.41, 5.74) is 2.27. The molecule has 4 fully saturated rings. The Hall–Kier alpha value is -0.380. The highest BCUT2D eigenvalue weighted by Gasteiger charge is 2.62. The summed E-state index contributed by atoms with van der Waals surface area (Å²) in [4.78, 5) is 0. The molecule has 7 atom stereocenters. The van der Waals surface area contributed by atoms with Gasteiger partial charge in [-0.05, 0) is 86.9 Å². The van der Waals surface area contributed by atoms with E-state index in [0.717, 1.165) is 43.8 Å². The molecule has 0 aromatic rings. The van der Waals surface area contributed by atoms with Crippen LogP contribution in [0.3, 0.4) is 0 Å². The van der Waals surface area contributed by atoms with Crippen LogP contribution in [-0.2, 0) is 9.47 Å². The van der Waals surface area contributed by atoms with Gasteiger partial charge in [0.2, 0.25) is 0 Å². The molecule has 0 aromatic carbocycles. The lowest BCUT2D eigenvalue weighted by molar-refractivity contribution is -0.214. The lowest BCUT2D eigenvalue weighted by Crippen LogP contribution is -2.53. The van der Waals surface area contributed by atoms with E-state index >= 15 is 0 Å². The summed E-state index contributed by atoms with van der Waals surface area (Å²) in [6.07, 6.45) is 12.0. The van der Waals surface area contributed by atoms with Crippen molar-refractivity contribution in [2.45, 2.75) is 84.0 Å². The summed E-state index contributed by atoms with van der Waals surface area (Å²) in [6, 6.07) is 0. The maximum absolute atomic E-state index is 10.2. The molecule has 1 N–H and O–H groups in total. The zero-order valence-corrected chi connectivity index (χ0v) is 16.8. The highest BCUT2D eigenvalue weighted by atomic mass is 16.7. The van der Waals surface area contributed by atoms with Crippen LogP contribution in [0.15, 0.2) is 11.6 Å². The van der Waals surface area contributed by atoms with E-state index in [9.17, 15) is 5.11 Å². The van der Waals surface area contributed by atoms with Crippen molar-refractivity contribution >= 4 is 0 Å². The van der Waals surface area contributed by atoms with E-state index in [1.807, 2.05) is 0 Å². The van der Waals surface area contributed by atoms with E-state index in [4.69, 9.17) is 9.47 Å². The lowest BCUT2D eigenvalue weighted by Gasteiger charge is -2.58. The normalized spacial score (nSPS) is 52.8. The average molecular weight is 361 g/mol. The molecule has 3 saturated carbocycles. The van der Waals surface area contributed by atoms with Gasteiger partial charge < -0.3 is 14.6 Å². The zero-order valence-electron chi connectivity index (χ0n) is 16.8. The van der Waals surface area contributed by atoms with Gasteiger partial charge >= 0.3 is 0 Å². The van der Waals surface area contributed by atoms with Crippen molar-refractivity contribution < 1.29 is 14.6 Å². The van der Waals surface area contributed by atoms with Crippen molar-refractivity contribution in [2.75, 3.05) is 13.2 Å². The molecule has 146 valence electrons. The van der Waals surface area contributed by atoms with Crippen molar-refractivity contribution in [3.05, 3.63) is 11.6 Å². The quantitative estimate of drug-likeness (QED) is 0.690. The van der Waals surface area contributed by atoms with Crippen molar-refractivity contribution in [1.29, 1.82) is 0 Å². The Balaban J connectivity index is 1.45. The first-order valence-corrected chi connectivity index (χ1v) is 11.0. The second-order valence-electron chi connectivity index (χ2n) is 10.5. The Bertz CT molecular complexity index is 607. The summed E-state index contributed by atoms with van der Waals surface area (Å²) in [5.74, 6) is 2.61. The van der Waals surface area contributed by atoms with Crippen molar-refractivity contribution in [1.82, 2.24) is 0 Å². The second-order valence-corrected chi connectivity index (χ2v) is 10.5. The monoisotopic (exact) mass is 360 g/mol.